The molecule has 7 nitrogen and oxygen atoms in total. The van der Waals surface area contributed by atoms with E-state index in [1.54, 1.807) is 18.2 Å². The van der Waals surface area contributed by atoms with Gasteiger partial charge in [-0.3, -0.25) is 4.79 Å². The molecule has 2 saturated heterocycles. The van der Waals surface area contributed by atoms with Crippen molar-refractivity contribution in [2.24, 2.45) is 5.92 Å². The Morgan fingerprint density at radius 3 is 2.26 bits per heavy atom. The number of carbonyl (C=O) groups excluding carboxylic acids is 1. The highest BCUT2D eigenvalue weighted by atomic mass is 32.2. The van der Waals surface area contributed by atoms with E-state index >= 15 is 0 Å². The average molecular weight is 487 g/mol. The second kappa shape index (κ2) is 11.4. The maximum Gasteiger partial charge on any atom is 0.240 e. The van der Waals surface area contributed by atoms with Crippen molar-refractivity contribution in [3.05, 3.63) is 66.2 Å². The first-order chi connectivity index (χ1) is 16.4. The van der Waals surface area contributed by atoms with Crippen molar-refractivity contribution in [1.82, 2.24) is 9.62 Å². The van der Waals surface area contributed by atoms with Gasteiger partial charge in [-0.2, -0.15) is 0 Å². The molecule has 0 saturated carbocycles. The Balaban J connectivity index is 1.25. The molecule has 2 heterocycles. The molecule has 0 bridgehead atoms. The van der Waals surface area contributed by atoms with Crippen molar-refractivity contribution in [2.75, 3.05) is 19.7 Å². The van der Waals surface area contributed by atoms with Crippen molar-refractivity contribution in [2.45, 2.75) is 61.7 Å². The summed E-state index contributed by atoms with van der Waals surface area (Å²) in [6.45, 7) is 1.20. The van der Waals surface area contributed by atoms with E-state index in [9.17, 15) is 18.3 Å². The minimum atomic E-state index is -3.70. The maximum atomic E-state index is 12.9. The molecule has 2 aliphatic rings. The lowest BCUT2D eigenvalue weighted by Gasteiger charge is -2.37. The fourth-order valence-corrected chi connectivity index (χ4v) is 6.26. The first-order valence-electron chi connectivity index (χ1n) is 12.1. The number of aliphatic hydroxyl groups is 1. The van der Waals surface area contributed by atoms with Gasteiger partial charge in [0, 0.05) is 13.1 Å². The van der Waals surface area contributed by atoms with Gasteiger partial charge in [-0.1, -0.05) is 48.5 Å². The zero-order valence-corrected chi connectivity index (χ0v) is 20.2. The van der Waals surface area contributed by atoms with Crippen LogP contribution in [0.4, 0.5) is 0 Å². The minimum Gasteiger partial charge on any atom is -0.394 e. The average Bonchev–Trinajstić information content (AvgIpc) is 2.86. The van der Waals surface area contributed by atoms with Crippen LogP contribution in [0.3, 0.4) is 0 Å². The van der Waals surface area contributed by atoms with Crippen molar-refractivity contribution in [3.63, 3.8) is 0 Å². The number of sulfonamides is 1. The molecule has 0 aromatic heterocycles. The summed E-state index contributed by atoms with van der Waals surface area (Å²) >= 11 is 0. The van der Waals surface area contributed by atoms with Crippen LogP contribution in [0.5, 0.6) is 0 Å². The lowest BCUT2D eigenvalue weighted by molar-refractivity contribution is -0.141. The first kappa shape index (κ1) is 24.9. The Kier molecular flexibility index (Phi) is 8.37. The summed E-state index contributed by atoms with van der Waals surface area (Å²) in [7, 11) is -3.70. The van der Waals surface area contributed by atoms with Gasteiger partial charge in [0.2, 0.25) is 15.9 Å². The molecule has 2 fully saturated rings. The number of likely N-dealkylation sites (tertiary alicyclic amines) is 1. The maximum absolute atomic E-state index is 12.9. The first-order valence-corrected chi connectivity index (χ1v) is 13.6. The highest BCUT2D eigenvalue weighted by molar-refractivity contribution is 7.89. The number of piperidine rings is 1. The molecular weight excluding hydrogens is 452 g/mol. The van der Waals surface area contributed by atoms with E-state index in [0.717, 1.165) is 32.4 Å². The van der Waals surface area contributed by atoms with Crippen molar-refractivity contribution in [1.29, 1.82) is 0 Å². The van der Waals surface area contributed by atoms with E-state index < -0.39 is 22.2 Å². The predicted octanol–water partition coefficient (Wildman–Crippen LogP) is 2.74. The molecule has 0 spiro atoms. The van der Waals surface area contributed by atoms with Gasteiger partial charge in [-0.25, -0.2) is 13.1 Å². The monoisotopic (exact) mass is 486 g/mol. The van der Waals surface area contributed by atoms with E-state index in [4.69, 9.17) is 4.74 Å². The predicted molar refractivity (Wildman–Crippen MR) is 130 cm³/mol. The number of hydrogen-bond acceptors (Lipinski definition) is 5. The van der Waals surface area contributed by atoms with Crippen LogP contribution in [-0.2, 0) is 26.0 Å². The number of amides is 1. The summed E-state index contributed by atoms with van der Waals surface area (Å²) in [4.78, 5) is 15.0. The molecule has 34 heavy (non-hydrogen) atoms. The van der Waals surface area contributed by atoms with Gasteiger partial charge in [0.25, 0.3) is 0 Å². The number of ether oxygens (including phenoxy) is 1. The number of rotatable bonds is 8. The van der Waals surface area contributed by atoms with Gasteiger partial charge >= 0.3 is 0 Å². The van der Waals surface area contributed by atoms with Crippen LogP contribution < -0.4 is 4.72 Å². The van der Waals surface area contributed by atoms with Gasteiger partial charge in [-0.15, -0.1) is 0 Å². The second-order valence-electron chi connectivity index (χ2n) is 9.32. The Bertz CT molecular complexity index is 1020. The molecule has 2 aliphatic heterocycles. The van der Waals surface area contributed by atoms with Gasteiger partial charge in [-0.05, 0) is 55.7 Å². The largest absolute Gasteiger partial charge is 0.394 e. The number of benzene rings is 2. The lowest BCUT2D eigenvalue weighted by Crippen LogP contribution is -2.51. The zero-order valence-electron chi connectivity index (χ0n) is 19.4. The number of aliphatic hydroxyl groups excluding tert-OH is 1. The summed E-state index contributed by atoms with van der Waals surface area (Å²) in [6.07, 6.45) is 3.38. The van der Waals surface area contributed by atoms with E-state index in [0.29, 0.717) is 18.8 Å². The van der Waals surface area contributed by atoms with Crippen LogP contribution in [0.2, 0.25) is 0 Å². The Morgan fingerprint density at radius 1 is 0.971 bits per heavy atom. The molecular formula is C26H34N2O5S. The van der Waals surface area contributed by atoms with Gasteiger partial charge < -0.3 is 14.7 Å². The van der Waals surface area contributed by atoms with Crippen LogP contribution in [0, 0.1) is 5.92 Å². The minimum absolute atomic E-state index is 0.0724. The molecule has 2 aromatic rings. The van der Waals surface area contributed by atoms with E-state index in [1.165, 1.54) is 17.7 Å². The van der Waals surface area contributed by atoms with Crippen molar-refractivity contribution >= 4 is 15.9 Å². The molecule has 0 unspecified atom stereocenters. The molecule has 3 atom stereocenters. The molecule has 184 valence electrons. The summed E-state index contributed by atoms with van der Waals surface area (Å²) in [5.41, 5.74) is 1.34. The molecule has 0 radical (unpaired) electrons. The highest BCUT2D eigenvalue weighted by Gasteiger charge is 2.35. The summed E-state index contributed by atoms with van der Waals surface area (Å²) in [5.74, 6) is 0.665. The van der Waals surface area contributed by atoms with Crippen LogP contribution >= 0.6 is 0 Å². The molecule has 1 amide bonds. The summed E-state index contributed by atoms with van der Waals surface area (Å²) < 4.78 is 34.0. The molecule has 8 heteroatoms. The molecule has 2 N–H and O–H groups in total. The topological polar surface area (TPSA) is 95.9 Å². The zero-order chi connectivity index (χ0) is 24.0. The molecule has 0 aliphatic carbocycles. The van der Waals surface area contributed by atoms with Crippen molar-refractivity contribution in [3.8, 4) is 0 Å². The quantitative estimate of drug-likeness (QED) is 0.598. The fraction of sp³-hybridized carbons (Fsp3) is 0.500. The lowest BCUT2D eigenvalue weighted by atomic mass is 9.90. The van der Waals surface area contributed by atoms with Crippen molar-refractivity contribution < 1.29 is 23.1 Å². The normalized spacial score (nSPS) is 24.1. The van der Waals surface area contributed by atoms with Crippen LogP contribution in [0.1, 0.15) is 37.7 Å². The van der Waals surface area contributed by atoms with E-state index in [-0.39, 0.29) is 29.9 Å². The highest BCUT2D eigenvalue weighted by Crippen LogP contribution is 2.26. The third kappa shape index (κ3) is 6.44. The van der Waals surface area contributed by atoms with E-state index in [2.05, 4.69) is 29.0 Å². The number of nitrogens with one attached hydrogen (secondary N) is 1. The smallest absolute Gasteiger partial charge is 0.240 e. The molecule has 4 rings (SSSR count). The summed E-state index contributed by atoms with van der Waals surface area (Å²) in [6, 6.07) is 18.1. The summed E-state index contributed by atoms with van der Waals surface area (Å²) in [5, 5.41) is 9.82. The number of carbonyl (C=O) groups is 1. The SMILES string of the molecule is O=C(C[C@H]1CC[C@H](NS(=O)(=O)c2ccccc2)[C@H](CO)O1)N1CCC(Cc2ccccc2)CC1. The third-order valence-electron chi connectivity index (χ3n) is 6.89. The van der Waals surface area contributed by atoms with Gasteiger partial charge in [0.1, 0.15) is 0 Å². The molecule has 2 aromatic carbocycles. The van der Waals surface area contributed by atoms with E-state index in [1.807, 2.05) is 11.0 Å². The van der Waals surface area contributed by atoms with Crippen LogP contribution in [-0.4, -0.2) is 62.3 Å². The number of nitrogens with zero attached hydrogens (tertiary/aromatic N) is 1. The van der Waals surface area contributed by atoms with Gasteiger partial charge in [0.05, 0.1) is 36.2 Å². The Hall–Kier alpha value is -2.26. The van der Waals surface area contributed by atoms with Gasteiger partial charge in [0.15, 0.2) is 0 Å². The number of hydrogen-bond donors (Lipinski definition) is 2. The Labute approximate surface area is 202 Å². The third-order valence-corrected chi connectivity index (χ3v) is 8.40. The second-order valence-corrected chi connectivity index (χ2v) is 11.0. The van der Waals surface area contributed by atoms with Crippen LogP contribution in [0.25, 0.3) is 0 Å². The van der Waals surface area contributed by atoms with Crippen LogP contribution in [0.15, 0.2) is 65.6 Å². The standard InChI is InChI=1S/C26H34N2O5S/c29-19-25-24(27-34(31,32)23-9-5-2-6-10-23)12-11-22(33-25)18-26(30)28-15-13-21(14-16-28)17-20-7-3-1-4-8-20/h1-10,21-22,24-25,27,29H,11-19H2/t22-,24+,25+/m1/s1. The Morgan fingerprint density at radius 2 is 1.62 bits per heavy atom. The fourth-order valence-electron chi connectivity index (χ4n) is 4.94.